The zero-order chi connectivity index (χ0) is 16.0. The average molecular weight is 309 g/mol. The molecule has 0 atom stereocenters. The number of carbonyl (C=O) groups is 1. The number of methoxy groups -OCH3 is 1. The average Bonchev–Trinajstić information content (AvgIpc) is 3.35. The molecular formula is C19H16FNO2. The molecule has 1 saturated carbocycles. The van der Waals surface area contributed by atoms with Gasteiger partial charge in [-0.2, -0.15) is 0 Å². The van der Waals surface area contributed by atoms with Gasteiger partial charge in [0.1, 0.15) is 11.6 Å². The van der Waals surface area contributed by atoms with E-state index in [-0.39, 0.29) is 17.5 Å². The molecule has 0 aliphatic heterocycles. The number of nitrogens with one attached hydrogen (secondary N) is 1. The smallest absolute Gasteiger partial charge is 0.168 e. The molecule has 1 aromatic heterocycles. The number of hydrogen-bond acceptors (Lipinski definition) is 2. The first-order valence-electron chi connectivity index (χ1n) is 7.67. The maximum absolute atomic E-state index is 13.2. The van der Waals surface area contributed by atoms with Crippen LogP contribution in [-0.2, 0) is 0 Å². The Morgan fingerprint density at radius 3 is 2.57 bits per heavy atom. The first-order chi connectivity index (χ1) is 11.2. The van der Waals surface area contributed by atoms with E-state index >= 15 is 0 Å². The van der Waals surface area contributed by atoms with Gasteiger partial charge in [-0.05, 0) is 60.9 Å². The summed E-state index contributed by atoms with van der Waals surface area (Å²) in [5.74, 6) is 0.692. The van der Waals surface area contributed by atoms with E-state index in [2.05, 4.69) is 4.98 Å². The molecule has 0 spiro atoms. The number of hydrogen-bond donors (Lipinski definition) is 1. The number of aromatic nitrogens is 1. The van der Waals surface area contributed by atoms with Crippen molar-refractivity contribution in [3.63, 3.8) is 0 Å². The second-order valence-corrected chi connectivity index (χ2v) is 5.93. The zero-order valence-electron chi connectivity index (χ0n) is 12.7. The highest BCUT2D eigenvalue weighted by Gasteiger charge is 2.34. The summed E-state index contributed by atoms with van der Waals surface area (Å²) in [5.41, 5.74) is 3.14. The van der Waals surface area contributed by atoms with Crippen molar-refractivity contribution >= 4 is 16.7 Å². The fraction of sp³-hybridized carbons (Fsp3) is 0.211. The molecule has 4 heteroatoms. The molecule has 23 heavy (non-hydrogen) atoms. The van der Waals surface area contributed by atoms with Crippen molar-refractivity contribution in [1.29, 1.82) is 0 Å². The quantitative estimate of drug-likeness (QED) is 0.717. The van der Waals surface area contributed by atoms with Gasteiger partial charge < -0.3 is 9.72 Å². The predicted octanol–water partition coefficient (Wildman–Crippen LogP) is 4.58. The van der Waals surface area contributed by atoms with E-state index in [1.165, 1.54) is 12.1 Å². The summed E-state index contributed by atoms with van der Waals surface area (Å²) >= 11 is 0. The van der Waals surface area contributed by atoms with Gasteiger partial charge in [0.25, 0.3) is 0 Å². The van der Waals surface area contributed by atoms with Gasteiger partial charge >= 0.3 is 0 Å². The number of H-pyrrole nitrogens is 1. The summed E-state index contributed by atoms with van der Waals surface area (Å²) in [6.07, 6.45) is 1.89. The largest absolute Gasteiger partial charge is 0.497 e. The molecule has 116 valence electrons. The van der Waals surface area contributed by atoms with Crippen molar-refractivity contribution in [3.8, 4) is 17.0 Å². The molecule has 0 amide bonds. The van der Waals surface area contributed by atoms with Crippen molar-refractivity contribution < 1.29 is 13.9 Å². The number of fused-ring (bicyclic) bond motifs is 1. The van der Waals surface area contributed by atoms with Crippen LogP contribution in [0.15, 0.2) is 42.5 Å². The predicted molar refractivity (Wildman–Crippen MR) is 87.3 cm³/mol. The summed E-state index contributed by atoms with van der Waals surface area (Å²) in [5, 5.41) is 0.862. The Labute approximate surface area is 133 Å². The molecule has 3 aromatic rings. The van der Waals surface area contributed by atoms with Gasteiger partial charge in [0.05, 0.1) is 18.4 Å². The monoisotopic (exact) mass is 309 g/mol. The molecule has 0 unspecified atom stereocenters. The first kappa shape index (κ1) is 14.0. The van der Waals surface area contributed by atoms with Crippen LogP contribution >= 0.6 is 0 Å². The molecule has 1 aliphatic carbocycles. The van der Waals surface area contributed by atoms with Crippen LogP contribution in [0.1, 0.15) is 23.2 Å². The Kier molecular flexibility index (Phi) is 3.18. The Bertz CT molecular complexity index is 892. The number of Topliss-reactive ketones (excluding diaryl/α,β-unsaturated/α-hetero) is 1. The van der Waals surface area contributed by atoms with Crippen LogP contribution in [0.3, 0.4) is 0 Å². The SMILES string of the molecule is COc1ccc2[nH]c(-c3ccc(F)cc3)c(C(=O)C3CC3)c2c1. The molecule has 0 bridgehead atoms. The van der Waals surface area contributed by atoms with E-state index < -0.39 is 0 Å². The third-order valence-electron chi connectivity index (χ3n) is 4.33. The third-order valence-corrected chi connectivity index (χ3v) is 4.33. The number of benzene rings is 2. The lowest BCUT2D eigenvalue weighted by Gasteiger charge is -2.04. The number of ketones is 1. The first-order valence-corrected chi connectivity index (χ1v) is 7.67. The van der Waals surface area contributed by atoms with Gasteiger partial charge in [-0.3, -0.25) is 4.79 Å². The summed E-state index contributed by atoms with van der Waals surface area (Å²) in [7, 11) is 1.61. The number of carbonyl (C=O) groups excluding carboxylic acids is 1. The van der Waals surface area contributed by atoms with E-state index in [1.807, 2.05) is 18.2 Å². The van der Waals surface area contributed by atoms with E-state index in [1.54, 1.807) is 19.2 Å². The van der Waals surface area contributed by atoms with Gasteiger partial charge in [-0.1, -0.05) is 0 Å². The highest BCUT2D eigenvalue weighted by Crippen LogP contribution is 2.39. The van der Waals surface area contributed by atoms with E-state index in [4.69, 9.17) is 4.74 Å². The van der Waals surface area contributed by atoms with Crippen molar-refractivity contribution in [2.45, 2.75) is 12.8 Å². The van der Waals surface area contributed by atoms with Crippen molar-refractivity contribution in [2.24, 2.45) is 5.92 Å². The van der Waals surface area contributed by atoms with Gasteiger partial charge in [0.15, 0.2) is 5.78 Å². The van der Waals surface area contributed by atoms with Gasteiger partial charge in [0.2, 0.25) is 0 Å². The van der Waals surface area contributed by atoms with Crippen LogP contribution in [0.25, 0.3) is 22.2 Å². The summed E-state index contributed by atoms with van der Waals surface area (Å²) < 4.78 is 18.5. The second-order valence-electron chi connectivity index (χ2n) is 5.93. The molecule has 1 aliphatic rings. The maximum Gasteiger partial charge on any atom is 0.168 e. The molecule has 4 rings (SSSR count). The molecule has 2 aromatic carbocycles. The third kappa shape index (κ3) is 2.40. The minimum absolute atomic E-state index is 0.111. The number of ether oxygens (including phenoxy) is 1. The van der Waals surface area contributed by atoms with Crippen LogP contribution in [0.2, 0.25) is 0 Å². The van der Waals surface area contributed by atoms with Gasteiger partial charge in [-0.25, -0.2) is 4.39 Å². The molecule has 0 radical (unpaired) electrons. The Balaban J connectivity index is 1.96. The minimum atomic E-state index is -0.290. The van der Waals surface area contributed by atoms with E-state index in [0.717, 1.165) is 35.0 Å². The van der Waals surface area contributed by atoms with Crippen LogP contribution in [0.4, 0.5) is 4.39 Å². The lowest BCUT2D eigenvalue weighted by atomic mass is 9.99. The normalized spacial score (nSPS) is 14.2. The number of aromatic amines is 1. The maximum atomic E-state index is 13.2. The highest BCUT2D eigenvalue weighted by molar-refractivity contribution is 6.15. The highest BCUT2D eigenvalue weighted by atomic mass is 19.1. The van der Waals surface area contributed by atoms with E-state index in [9.17, 15) is 9.18 Å². The Morgan fingerprint density at radius 2 is 1.91 bits per heavy atom. The van der Waals surface area contributed by atoms with Crippen molar-refractivity contribution in [2.75, 3.05) is 7.11 Å². The van der Waals surface area contributed by atoms with Crippen LogP contribution in [0, 0.1) is 11.7 Å². The lowest BCUT2D eigenvalue weighted by molar-refractivity contribution is 0.0970. The molecule has 1 fully saturated rings. The Morgan fingerprint density at radius 1 is 1.17 bits per heavy atom. The summed E-state index contributed by atoms with van der Waals surface area (Å²) in [6.45, 7) is 0. The van der Waals surface area contributed by atoms with Crippen LogP contribution in [0.5, 0.6) is 5.75 Å². The summed E-state index contributed by atoms with van der Waals surface area (Å²) in [6, 6.07) is 11.9. The van der Waals surface area contributed by atoms with E-state index in [0.29, 0.717) is 11.3 Å². The molecule has 3 nitrogen and oxygen atoms in total. The minimum Gasteiger partial charge on any atom is -0.497 e. The molecular weight excluding hydrogens is 293 g/mol. The lowest BCUT2D eigenvalue weighted by Crippen LogP contribution is -2.02. The fourth-order valence-corrected chi connectivity index (χ4v) is 2.94. The second kappa shape index (κ2) is 5.23. The van der Waals surface area contributed by atoms with Gasteiger partial charge in [0, 0.05) is 16.8 Å². The molecule has 0 saturated heterocycles. The fourth-order valence-electron chi connectivity index (χ4n) is 2.94. The topological polar surface area (TPSA) is 42.1 Å². The Hall–Kier alpha value is -2.62. The van der Waals surface area contributed by atoms with Crippen LogP contribution < -0.4 is 4.74 Å². The zero-order valence-corrected chi connectivity index (χ0v) is 12.7. The summed E-state index contributed by atoms with van der Waals surface area (Å²) in [4.78, 5) is 16.1. The van der Waals surface area contributed by atoms with Crippen molar-refractivity contribution in [1.82, 2.24) is 4.98 Å². The number of rotatable bonds is 4. The van der Waals surface area contributed by atoms with Crippen LogP contribution in [-0.4, -0.2) is 17.9 Å². The van der Waals surface area contributed by atoms with Gasteiger partial charge in [-0.15, -0.1) is 0 Å². The number of halogens is 1. The molecule has 1 N–H and O–H groups in total. The van der Waals surface area contributed by atoms with Crippen molar-refractivity contribution in [3.05, 3.63) is 53.8 Å². The molecule has 1 heterocycles. The standard InChI is InChI=1S/C19H16FNO2/c1-23-14-8-9-16-15(10-14)17(19(22)12-2-3-12)18(21-16)11-4-6-13(20)7-5-11/h4-10,12,21H,2-3H2,1H3.